The number of hydrogen-bond acceptors (Lipinski definition) is 0. The van der Waals surface area contributed by atoms with Crippen molar-refractivity contribution in [2.24, 2.45) is 0 Å². The molecule has 0 saturated carbocycles. The molecule has 0 heterocycles. The van der Waals surface area contributed by atoms with Gasteiger partial charge in [-0.15, -0.1) is 0 Å². The molecular formula is C12H16. The number of hydrogen-bond donors (Lipinski definition) is 0. The van der Waals surface area contributed by atoms with E-state index in [-0.39, 0.29) is 0 Å². The Morgan fingerprint density at radius 1 is 0.917 bits per heavy atom. The zero-order valence-corrected chi connectivity index (χ0v) is 8.20. The lowest BCUT2D eigenvalue weighted by Crippen LogP contribution is -1.97. The number of rotatable bonds is 0. The predicted molar refractivity (Wildman–Crippen MR) is 53.0 cm³/mol. The molecule has 0 N–H and O–H groups in total. The highest BCUT2D eigenvalue weighted by Gasteiger charge is 2.18. The molecule has 0 atom stereocenters. The van der Waals surface area contributed by atoms with Gasteiger partial charge < -0.3 is 0 Å². The molecule has 0 radical (unpaired) electrons. The van der Waals surface area contributed by atoms with Gasteiger partial charge in [0.05, 0.1) is 0 Å². The normalized spacial score (nSPS) is 23.1. The van der Waals surface area contributed by atoms with Gasteiger partial charge in [-0.05, 0) is 45.6 Å². The minimum atomic E-state index is 1.21. The fraction of sp³-hybridized carbons (Fsp3) is 0.500. The maximum absolute atomic E-state index is 2.38. The van der Waals surface area contributed by atoms with E-state index in [1.807, 2.05) is 0 Å². The highest BCUT2D eigenvalue weighted by atomic mass is 14.2. The van der Waals surface area contributed by atoms with Crippen LogP contribution in [-0.2, 0) is 0 Å². The second-order valence-corrected chi connectivity index (χ2v) is 4.21. The van der Waals surface area contributed by atoms with E-state index in [1.165, 1.54) is 19.3 Å². The zero-order chi connectivity index (χ0) is 8.72. The van der Waals surface area contributed by atoms with Crippen LogP contribution in [0.4, 0.5) is 0 Å². The summed E-state index contributed by atoms with van der Waals surface area (Å²) in [7, 11) is 0. The van der Waals surface area contributed by atoms with Crippen molar-refractivity contribution in [3.05, 3.63) is 33.9 Å². The number of allylic oxidation sites excluding steroid dienone is 6. The average Bonchev–Trinajstić information content (AvgIpc) is 2.30. The van der Waals surface area contributed by atoms with E-state index in [4.69, 9.17) is 0 Å². The first-order valence-electron chi connectivity index (χ1n) is 4.70. The van der Waals surface area contributed by atoms with Crippen molar-refractivity contribution in [1.29, 1.82) is 0 Å². The van der Waals surface area contributed by atoms with Gasteiger partial charge in [0.2, 0.25) is 0 Å². The van der Waals surface area contributed by atoms with Crippen LogP contribution in [0.2, 0.25) is 0 Å². The minimum Gasteiger partial charge on any atom is -0.0700 e. The van der Waals surface area contributed by atoms with Crippen LogP contribution in [0.15, 0.2) is 33.9 Å². The Morgan fingerprint density at radius 2 is 1.58 bits per heavy atom. The van der Waals surface area contributed by atoms with Crippen LogP contribution in [0, 0.1) is 0 Å². The molecule has 0 fully saturated rings. The molecule has 0 amide bonds. The first-order valence-corrected chi connectivity index (χ1v) is 4.70. The largest absolute Gasteiger partial charge is 0.0700 e. The standard InChI is InChI=1S/C12H16/c1-8-4-11-6-9(2)10(3)7-12(11)5-8/h4H,5-7H2,1-3H3. The minimum absolute atomic E-state index is 1.21. The van der Waals surface area contributed by atoms with E-state index in [0.29, 0.717) is 0 Å². The quantitative estimate of drug-likeness (QED) is 0.473. The van der Waals surface area contributed by atoms with Crippen molar-refractivity contribution < 1.29 is 0 Å². The highest BCUT2D eigenvalue weighted by Crippen LogP contribution is 2.38. The maximum Gasteiger partial charge on any atom is -0.00674 e. The van der Waals surface area contributed by atoms with Crippen LogP contribution < -0.4 is 0 Å². The van der Waals surface area contributed by atoms with Crippen LogP contribution in [0.5, 0.6) is 0 Å². The molecular weight excluding hydrogens is 144 g/mol. The summed E-state index contributed by atoms with van der Waals surface area (Å²) < 4.78 is 0. The van der Waals surface area contributed by atoms with Gasteiger partial charge in [0, 0.05) is 0 Å². The van der Waals surface area contributed by atoms with Crippen molar-refractivity contribution >= 4 is 0 Å². The predicted octanol–water partition coefficient (Wildman–Crippen LogP) is 3.76. The van der Waals surface area contributed by atoms with Crippen molar-refractivity contribution in [2.75, 3.05) is 0 Å². The summed E-state index contributed by atoms with van der Waals surface area (Å²) in [5.41, 5.74) is 8.00. The fourth-order valence-corrected chi connectivity index (χ4v) is 2.16. The van der Waals surface area contributed by atoms with E-state index in [9.17, 15) is 0 Å². The Kier molecular flexibility index (Phi) is 1.71. The summed E-state index contributed by atoms with van der Waals surface area (Å²) in [4.78, 5) is 0. The summed E-state index contributed by atoms with van der Waals surface area (Å²) in [6.07, 6.45) is 6.05. The smallest absolute Gasteiger partial charge is 0.00674 e. The molecule has 0 nitrogen and oxygen atoms in total. The summed E-state index contributed by atoms with van der Waals surface area (Å²) >= 11 is 0. The van der Waals surface area contributed by atoms with E-state index in [1.54, 1.807) is 27.9 Å². The van der Waals surface area contributed by atoms with E-state index >= 15 is 0 Å². The zero-order valence-electron chi connectivity index (χ0n) is 8.20. The molecule has 0 unspecified atom stereocenters. The van der Waals surface area contributed by atoms with Crippen LogP contribution >= 0.6 is 0 Å². The molecule has 0 heteroatoms. The molecule has 0 aliphatic heterocycles. The van der Waals surface area contributed by atoms with Crippen LogP contribution in [0.3, 0.4) is 0 Å². The molecule has 64 valence electrons. The Labute approximate surface area is 74.7 Å². The van der Waals surface area contributed by atoms with Gasteiger partial charge in [-0.1, -0.05) is 28.4 Å². The molecule has 0 saturated heterocycles. The molecule has 12 heavy (non-hydrogen) atoms. The molecule has 0 aromatic carbocycles. The summed E-state index contributed by atoms with van der Waals surface area (Å²) in [5, 5.41) is 0. The molecule has 2 aliphatic carbocycles. The first-order chi connectivity index (χ1) is 5.66. The molecule has 0 aromatic rings. The van der Waals surface area contributed by atoms with E-state index < -0.39 is 0 Å². The van der Waals surface area contributed by atoms with Crippen LogP contribution in [-0.4, -0.2) is 0 Å². The van der Waals surface area contributed by atoms with E-state index in [0.717, 1.165) is 0 Å². The Hall–Kier alpha value is -0.780. The van der Waals surface area contributed by atoms with Crippen molar-refractivity contribution in [3.8, 4) is 0 Å². The van der Waals surface area contributed by atoms with Gasteiger partial charge in [-0.25, -0.2) is 0 Å². The SMILES string of the molecule is CC1=CC2=C(C1)CC(C)=C(C)C2. The van der Waals surface area contributed by atoms with Crippen molar-refractivity contribution in [1.82, 2.24) is 0 Å². The van der Waals surface area contributed by atoms with Crippen molar-refractivity contribution in [2.45, 2.75) is 40.0 Å². The van der Waals surface area contributed by atoms with E-state index in [2.05, 4.69) is 26.8 Å². The lowest BCUT2D eigenvalue weighted by Gasteiger charge is -2.17. The monoisotopic (exact) mass is 160 g/mol. The van der Waals surface area contributed by atoms with Gasteiger partial charge >= 0.3 is 0 Å². The summed E-state index contributed by atoms with van der Waals surface area (Å²) in [6.45, 7) is 6.77. The Morgan fingerprint density at radius 3 is 2.33 bits per heavy atom. The lowest BCUT2D eigenvalue weighted by atomic mass is 9.89. The average molecular weight is 160 g/mol. The molecule has 0 bridgehead atoms. The van der Waals surface area contributed by atoms with Crippen LogP contribution in [0.25, 0.3) is 0 Å². The van der Waals surface area contributed by atoms with Crippen molar-refractivity contribution in [3.63, 3.8) is 0 Å². The topological polar surface area (TPSA) is 0 Å². The first kappa shape index (κ1) is 7.85. The second-order valence-electron chi connectivity index (χ2n) is 4.21. The summed E-state index contributed by atoms with van der Waals surface area (Å²) in [6, 6.07) is 0. The second kappa shape index (κ2) is 2.62. The van der Waals surface area contributed by atoms with Crippen LogP contribution in [0.1, 0.15) is 40.0 Å². The van der Waals surface area contributed by atoms with Gasteiger partial charge in [-0.2, -0.15) is 0 Å². The van der Waals surface area contributed by atoms with Gasteiger partial charge in [0.15, 0.2) is 0 Å². The summed E-state index contributed by atoms with van der Waals surface area (Å²) in [5.74, 6) is 0. The lowest BCUT2D eigenvalue weighted by molar-refractivity contribution is 0.922. The Balaban J connectivity index is 2.25. The van der Waals surface area contributed by atoms with Gasteiger partial charge in [-0.3, -0.25) is 0 Å². The highest BCUT2D eigenvalue weighted by molar-refractivity contribution is 5.46. The third-order valence-corrected chi connectivity index (χ3v) is 3.03. The molecule has 2 aliphatic rings. The third-order valence-electron chi connectivity index (χ3n) is 3.03. The Bertz CT molecular complexity index is 311. The fourth-order valence-electron chi connectivity index (χ4n) is 2.16. The van der Waals surface area contributed by atoms with Gasteiger partial charge in [0.1, 0.15) is 0 Å². The molecule has 0 spiro atoms. The third kappa shape index (κ3) is 1.16. The molecule has 2 rings (SSSR count). The van der Waals surface area contributed by atoms with Gasteiger partial charge in [0.25, 0.3) is 0 Å². The molecule has 0 aromatic heterocycles. The maximum atomic E-state index is 2.38.